The lowest BCUT2D eigenvalue weighted by Gasteiger charge is -2.47. The van der Waals surface area contributed by atoms with Crippen molar-refractivity contribution in [3.8, 4) is 28.3 Å². The molecule has 7 rings (SSSR count). The quantitative estimate of drug-likeness (QED) is 0.277. The smallest absolute Gasteiger partial charge is 0.361 e. The predicted molar refractivity (Wildman–Crippen MR) is 145 cm³/mol. The molecular weight excluding hydrogens is 425 g/mol. The van der Waals surface area contributed by atoms with Crippen LogP contribution in [0.5, 0.6) is 0 Å². The van der Waals surface area contributed by atoms with E-state index >= 15 is 0 Å². The standard InChI is InChI=1S/C31H20BN3/c33-21-22-17-19-24(20-18-22)35-30-16-7-5-12-26(30)28-14-8-13-27-25-11-4-6-15-29(25)34(32(35)31(27)28)23-9-2-1-3-10-23/h1-20H. The van der Waals surface area contributed by atoms with Crippen molar-refractivity contribution in [2.75, 3.05) is 9.62 Å². The van der Waals surface area contributed by atoms with Crippen molar-refractivity contribution < 1.29 is 0 Å². The largest absolute Gasteiger partial charge is 0.421 e. The molecule has 0 unspecified atom stereocenters. The van der Waals surface area contributed by atoms with E-state index < -0.39 is 0 Å². The number of anilines is 4. The molecule has 5 aromatic rings. The molecule has 0 spiro atoms. The van der Waals surface area contributed by atoms with Crippen LogP contribution in [-0.4, -0.2) is 6.98 Å². The van der Waals surface area contributed by atoms with Crippen LogP contribution in [0.1, 0.15) is 5.56 Å². The Balaban J connectivity index is 1.59. The van der Waals surface area contributed by atoms with E-state index in [2.05, 4.69) is 125 Å². The van der Waals surface area contributed by atoms with Gasteiger partial charge >= 0.3 is 6.98 Å². The molecule has 3 nitrogen and oxygen atoms in total. The normalized spacial score (nSPS) is 12.9. The third-order valence-corrected chi connectivity index (χ3v) is 7.07. The summed E-state index contributed by atoms with van der Waals surface area (Å²) in [6.45, 7) is -0.0821. The third kappa shape index (κ3) is 2.85. The highest BCUT2D eigenvalue weighted by Gasteiger charge is 2.46. The van der Waals surface area contributed by atoms with Gasteiger partial charge in [0, 0.05) is 33.9 Å². The van der Waals surface area contributed by atoms with Crippen LogP contribution in [-0.2, 0) is 0 Å². The molecule has 0 saturated carbocycles. The molecule has 2 aliphatic rings. The SMILES string of the molecule is N#Cc1ccc(N2B3c4c(cccc4-c4ccccc42)-c2ccccc2N3c2ccccc2)cc1. The van der Waals surface area contributed by atoms with Crippen molar-refractivity contribution >= 4 is 35.2 Å². The van der Waals surface area contributed by atoms with Gasteiger partial charge in [0.2, 0.25) is 0 Å². The topological polar surface area (TPSA) is 30.3 Å². The van der Waals surface area contributed by atoms with Gasteiger partial charge in [-0.15, -0.1) is 0 Å². The lowest BCUT2D eigenvalue weighted by atomic mass is 9.53. The Morgan fingerprint density at radius 2 is 0.971 bits per heavy atom. The van der Waals surface area contributed by atoms with Crippen LogP contribution in [0, 0.1) is 11.3 Å². The summed E-state index contributed by atoms with van der Waals surface area (Å²) in [5.41, 5.74) is 11.5. The van der Waals surface area contributed by atoms with Crippen molar-refractivity contribution in [2.24, 2.45) is 0 Å². The highest BCUT2D eigenvalue weighted by molar-refractivity contribution is 6.86. The monoisotopic (exact) mass is 445 g/mol. The molecule has 0 saturated heterocycles. The molecule has 0 N–H and O–H groups in total. The van der Waals surface area contributed by atoms with E-state index in [4.69, 9.17) is 0 Å². The second kappa shape index (κ2) is 7.65. The van der Waals surface area contributed by atoms with Crippen LogP contribution in [0.2, 0.25) is 0 Å². The molecule has 2 heterocycles. The zero-order valence-electron chi connectivity index (χ0n) is 19.0. The summed E-state index contributed by atoms with van der Waals surface area (Å²) < 4.78 is 0. The number of benzene rings is 5. The molecule has 35 heavy (non-hydrogen) atoms. The number of hydrogen-bond donors (Lipinski definition) is 0. The summed E-state index contributed by atoms with van der Waals surface area (Å²) in [6.07, 6.45) is 0. The molecule has 0 aliphatic carbocycles. The maximum absolute atomic E-state index is 9.40. The van der Waals surface area contributed by atoms with Gasteiger partial charge in [0.25, 0.3) is 0 Å². The van der Waals surface area contributed by atoms with Gasteiger partial charge in [0.15, 0.2) is 0 Å². The van der Waals surface area contributed by atoms with E-state index in [-0.39, 0.29) is 6.98 Å². The number of rotatable bonds is 2. The molecule has 0 fully saturated rings. The Kier molecular flexibility index (Phi) is 4.31. The molecule has 2 aliphatic heterocycles. The Morgan fingerprint density at radius 1 is 0.486 bits per heavy atom. The van der Waals surface area contributed by atoms with Gasteiger partial charge in [-0.1, -0.05) is 72.8 Å². The first kappa shape index (κ1) is 19.7. The Bertz CT molecular complexity index is 1610. The van der Waals surface area contributed by atoms with Gasteiger partial charge in [-0.05, 0) is 65.1 Å². The number of fused-ring (bicyclic) bond motifs is 4. The van der Waals surface area contributed by atoms with Crippen LogP contribution in [0.15, 0.2) is 121 Å². The summed E-state index contributed by atoms with van der Waals surface area (Å²) in [5.74, 6) is 0. The van der Waals surface area contributed by atoms with Crippen molar-refractivity contribution in [2.45, 2.75) is 0 Å². The maximum atomic E-state index is 9.40. The minimum atomic E-state index is -0.0821. The Labute approximate surface area is 205 Å². The molecule has 0 amide bonds. The van der Waals surface area contributed by atoms with Crippen molar-refractivity contribution in [1.82, 2.24) is 0 Å². The second-order valence-electron chi connectivity index (χ2n) is 8.91. The molecule has 4 heteroatoms. The molecular formula is C31H20BN3. The summed E-state index contributed by atoms with van der Waals surface area (Å²) in [4.78, 5) is 4.88. The van der Waals surface area contributed by atoms with Crippen molar-refractivity contribution in [3.05, 3.63) is 127 Å². The van der Waals surface area contributed by atoms with E-state index in [9.17, 15) is 5.26 Å². The summed E-state index contributed by atoms with van der Waals surface area (Å²) in [7, 11) is 0. The predicted octanol–water partition coefficient (Wildman–Crippen LogP) is 6.89. The summed E-state index contributed by atoms with van der Waals surface area (Å²) in [6, 6.07) is 44.8. The minimum Gasteiger partial charge on any atom is -0.361 e. The molecule has 0 bridgehead atoms. The minimum absolute atomic E-state index is 0.0821. The number of hydrogen-bond acceptors (Lipinski definition) is 3. The number of nitriles is 1. The van der Waals surface area contributed by atoms with Gasteiger partial charge in [-0.25, -0.2) is 0 Å². The van der Waals surface area contributed by atoms with Crippen LogP contribution >= 0.6 is 0 Å². The highest BCUT2D eigenvalue weighted by atomic mass is 15.2. The van der Waals surface area contributed by atoms with Crippen LogP contribution in [0.25, 0.3) is 22.3 Å². The van der Waals surface area contributed by atoms with Crippen molar-refractivity contribution in [3.63, 3.8) is 0 Å². The summed E-state index contributed by atoms with van der Waals surface area (Å²) >= 11 is 0. The van der Waals surface area contributed by atoms with E-state index in [1.54, 1.807) is 0 Å². The summed E-state index contributed by atoms with van der Waals surface area (Å²) in [5, 5.41) is 9.40. The van der Waals surface area contributed by atoms with Crippen LogP contribution in [0.4, 0.5) is 22.7 Å². The third-order valence-electron chi connectivity index (χ3n) is 7.07. The average Bonchev–Trinajstić information content (AvgIpc) is 2.94. The fraction of sp³-hybridized carbons (Fsp3) is 0. The number of nitrogens with zero attached hydrogens (tertiary/aromatic N) is 3. The zero-order valence-corrected chi connectivity index (χ0v) is 19.0. The fourth-order valence-corrected chi connectivity index (χ4v) is 5.62. The van der Waals surface area contributed by atoms with E-state index in [0.29, 0.717) is 5.56 Å². The van der Waals surface area contributed by atoms with E-state index in [1.807, 2.05) is 12.1 Å². The maximum Gasteiger partial charge on any atom is 0.421 e. The first-order valence-corrected chi connectivity index (χ1v) is 11.8. The first-order chi connectivity index (χ1) is 17.3. The molecule has 0 radical (unpaired) electrons. The van der Waals surface area contributed by atoms with Gasteiger partial charge in [-0.3, -0.25) is 0 Å². The van der Waals surface area contributed by atoms with Crippen LogP contribution in [0.3, 0.4) is 0 Å². The average molecular weight is 445 g/mol. The molecule has 0 aromatic heterocycles. The molecule has 0 atom stereocenters. The van der Waals surface area contributed by atoms with E-state index in [1.165, 1.54) is 33.4 Å². The Hall–Kier alpha value is -4.75. The fourth-order valence-electron chi connectivity index (χ4n) is 5.62. The van der Waals surface area contributed by atoms with E-state index in [0.717, 1.165) is 17.1 Å². The van der Waals surface area contributed by atoms with Gasteiger partial charge in [0.05, 0.1) is 11.6 Å². The second-order valence-corrected chi connectivity index (χ2v) is 8.91. The Morgan fingerprint density at radius 3 is 1.54 bits per heavy atom. The van der Waals surface area contributed by atoms with Gasteiger partial charge in [-0.2, -0.15) is 5.26 Å². The van der Waals surface area contributed by atoms with Gasteiger partial charge < -0.3 is 9.62 Å². The number of para-hydroxylation sites is 3. The molecule has 162 valence electrons. The van der Waals surface area contributed by atoms with Crippen molar-refractivity contribution in [1.29, 1.82) is 5.26 Å². The van der Waals surface area contributed by atoms with Gasteiger partial charge in [0.1, 0.15) is 0 Å². The molecule has 5 aromatic carbocycles. The lowest BCUT2D eigenvalue weighted by molar-refractivity contribution is 1.26. The highest BCUT2D eigenvalue weighted by Crippen LogP contribution is 2.48. The van der Waals surface area contributed by atoms with Crippen LogP contribution < -0.4 is 15.1 Å². The zero-order chi connectivity index (χ0) is 23.4. The lowest BCUT2D eigenvalue weighted by Crippen LogP contribution is -2.61. The first-order valence-electron chi connectivity index (χ1n) is 11.8.